The Morgan fingerprint density at radius 1 is 1.24 bits per heavy atom. The summed E-state index contributed by atoms with van der Waals surface area (Å²) in [7, 11) is 0. The number of benzene rings is 1. The lowest BCUT2D eigenvalue weighted by Gasteiger charge is -2.28. The highest BCUT2D eigenvalue weighted by Gasteiger charge is 2.28. The summed E-state index contributed by atoms with van der Waals surface area (Å²) < 4.78 is 13.6. The molecule has 0 spiro atoms. The van der Waals surface area contributed by atoms with Gasteiger partial charge in [-0.2, -0.15) is 0 Å². The molecule has 0 radical (unpaired) electrons. The molecule has 0 aromatic heterocycles. The molecule has 2 heteroatoms. The molecule has 0 bridgehead atoms. The van der Waals surface area contributed by atoms with Gasteiger partial charge >= 0.3 is 0 Å². The molecule has 2 N–H and O–H groups in total. The Hall–Kier alpha value is -1.41. The van der Waals surface area contributed by atoms with Crippen LogP contribution in [0.25, 0.3) is 5.57 Å². The van der Waals surface area contributed by atoms with Gasteiger partial charge in [-0.15, -0.1) is 0 Å². The van der Waals surface area contributed by atoms with Gasteiger partial charge in [0, 0.05) is 12.0 Å². The van der Waals surface area contributed by atoms with Crippen molar-refractivity contribution in [2.75, 3.05) is 0 Å². The van der Waals surface area contributed by atoms with Gasteiger partial charge in [-0.05, 0) is 29.2 Å². The number of hydrogen-bond donors (Lipinski definition) is 1. The summed E-state index contributed by atoms with van der Waals surface area (Å²) >= 11 is 0. The number of halogens is 1. The molecule has 0 aliphatic heterocycles. The van der Waals surface area contributed by atoms with E-state index < -0.39 is 5.41 Å². The van der Waals surface area contributed by atoms with Crippen molar-refractivity contribution in [3.05, 3.63) is 53.4 Å². The molecule has 0 amide bonds. The molecular weight excluding hydrogens is 213 g/mol. The van der Waals surface area contributed by atoms with Crippen LogP contribution in [0.2, 0.25) is 0 Å². The Kier molecular flexibility index (Phi) is 3.16. The number of nitrogens with two attached hydrogens (primary N) is 1. The minimum atomic E-state index is -0.411. The molecule has 0 saturated heterocycles. The summed E-state index contributed by atoms with van der Waals surface area (Å²) in [4.78, 5) is 0. The monoisotopic (exact) mass is 231 g/mol. The standard InChI is InChI=1S/C15H18FN/c1-15(2)9-11(7-8-14(15)16)13-6-4-3-5-12(13)10-17/h3-8H,9-10,17H2,1-2H3. The molecule has 1 aromatic carbocycles. The van der Waals surface area contributed by atoms with Gasteiger partial charge in [0.05, 0.1) is 0 Å². The molecule has 0 saturated carbocycles. The van der Waals surface area contributed by atoms with Crippen LogP contribution in [-0.4, -0.2) is 0 Å². The largest absolute Gasteiger partial charge is 0.326 e. The van der Waals surface area contributed by atoms with Crippen molar-refractivity contribution in [1.82, 2.24) is 0 Å². The van der Waals surface area contributed by atoms with Crippen molar-refractivity contribution in [3.63, 3.8) is 0 Å². The molecule has 1 aromatic rings. The fraction of sp³-hybridized carbons (Fsp3) is 0.333. The molecule has 0 unspecified atom stereocenters. The van der Waals surface area contributed by atoms with Crippen LogP contribution < -0.4 is 5.73 Å². The van der Waals surface area contributed by atoms with Crippen molar-refractivity contribution in [3.8, 4) is 0 Å². The molecule has 17 heavy (non-hydrogen) atoms. The first-order valence-corrected chi connectivity index (χ1v) is 5.90. The number of allylic oxidation sites excluding steroid dienone is 4. The molecular formula is C15H18FN. The van der Waals surface area contributed by atoms with Crippen molar-refractivity contribution in [2.24, 2.45) is 11.1 Å². The number of hydrogen-bond acceptors (Lipinski definition) is 1. The second-order valence-electron chi connectivity index (χ2n) is 5.13. The molecule has 90 valence electrons. The van der Waals surface area contributed by atoms with Crippen LogP contribution in [0.4, 0.5) is 4.39 Å². The first-order valence-electron chi connectivity index (χ1n) is 5.90. The predicted octanol–water partition coefficient (Wildman–Crippen LogP) is 3.81. The van der Waals surface area contributed by atoms with E-state index in [9.17, 15) is 4.39 Å². The van der Waals surface area contributed by atoms with Crippen LogP contribution in [0.5, 0.6) is 0 Å². The fourth-order valence-electron chi connectivity index (χ4n) is 2.22. The fourth-order valence-corrected chi connectivity index (χ4v) is 2.22. The SMILES string of the molecule is CC1(C)CC(c2ccccc2CN)=CC=C1F. The zero-order valence-electron chi connectivity index (χ0n) is 10.3. The van der Waals surface area contributed by atoms with E-state index in [-0.39, 0.29) is 5.83 Å². The highest BCUT2D eigenvalue weighted by Crippen LogP contribution is 2.41. The lowest BCUT2D eigenvalue weighted by Crippen LogP contribution is -2.16. The Labute approximate surface area is 102 Å². The van der Waals surface area contributed by atoms with E-state index in [1.54, 1.807) is 6.08 Å². The average molecular weight is 231 g/mol. The molecule has 2 rings (SSSR count). The van der Waals surface area contributed by atoms with Crippen molar-refractivity contribution < 1.29 is 4.39 Å². The molecule has 1 aliphatic carbocycles. The highest BCUT2D eigenvalue weighted by atomic mass is 19.1. The summed E-state index contributed by atoms with van der Waals surface area (Å²) in [6.07, 6.45) is 4.16. The summed E-state index contributed by atoms with van der Waals surface area (Å²) in [6.45, 7) is 4.37. The van der Waals surface area contributed by atoms with Crippen molar-refractivity contribution in [2.45, 2.75) is 26.8 Å². The minimum Gasteiger partial charge on any atom is -0.326 e. The minimum absolute atomic E-state index is 0.0496. The van der Waals surface area contributed by atoms with Gasteiger partial charge in [0.1, 0.15) is 5.83 Å². The predicted molar refractivity (Wildman–Crippen MR) is 69.9 cm³/mol. The quantitative estimate of drug-likeness (QED) is 0.822. The molecule has 0 heterocycles. The zero-order valence-corrected chi connectivity index (χ0v) is 10.3. The van der Waals surface area contributed by atoms with Crippen LogP contribution in [0.1, 0.15) is 31.4 Å². The summed E-state index contributed by atoms with van der Waals surface area (Å²) in [5.41, 5.74) is 8.75. The maximum Gasteiger partial charge on any atom is 0.106 e. The lowest BCUT2D eigenvalue weighted by atomic mass is 9.78. The third kappa shape index (κ3) is 2.32. The molecule has 0 fully saturated rings. The summed E-state index contributed by atoms with van der Waals surface area (Å²) in [5, 5.41) is 0. The smallest absolute Gasteiger partial charge is 0.106 e. The van der Waals surface area contributed by atoms with Crippen LogP contribution in [0.15, 0.2) is 42.2 Å². The van der Waals surface area contributed by atoms with E-state index >= 15 is 0 Å². The Morgan fingerprint density at radius 3 is 2.59 bits per heavy atom. The maximum atomic E-state index is 13.6. The van der Waals surface area contributed by atoms with Gasteiger partial charge in [-0.1, -0.05) is 44.2 Å². The molecule has 0 atom stereocenters. The topological polar surface area (TPSA) is 26.0 Å². The first-order chi connectivity index (χ1) is 8.04. The van der Waals surface area contributed by atoms with Crippen molar-refractivity contribution in [1.29, 1.82) is 0 Å². The highest BCUT2D eigenvalue weighted by molar-refractivity contribution is 5.71. The van der Waals surface area contributed by atoms with Gasteiger partial charge in [0.25, 0.3) is 0 Å². The normalized spacial score (nSPS) is 18.6. The van der Waals surface area contributed by atoms with Gasteiger partial charge in [-0.25, -0.2) is 4.39 Å². The van der Waals surface area contributed by atoms with Gasteiger partial charge in [-0.3, -0.25) is 0 Å². The van der Waals surface area contributed by atoms with E-state index in [4.69, 9.17) is 5.73 Å². The molecule has 1 aliphatic rings. The van der Waals surface area contributed by atoms with Crippen LogP contribution in [0, 0.1) is 5.41 Å². The van der Waals surface area contributed by atoms with Crippen LogP contribution in [-0.2, 0) is 6.54 Å². The average Bonchev–Trinajstić information content (AvgIpc) is 2.32. The van der Waals surface area contributed by atoms with E-state index in [2.05, 4.69) is 6.07 Å². The van der Waals surface area contributed by atoms with Gasteiger partial charge in [0.2, 0.25) is 0 Å². The van der Waals surface area contributed by atoms with Gasteiger partial charge < -0.3 is 5.73 Å². The first kappa shape index (κ1) is 12.1. The van der Waals surface area contributed by atoms with Crippen LogP contribution >= 0.6 is 0 Å². The van der Waals surface area contributed by atoms with E-state index in [1.165, 1.54) is 0 Å². The van der Waals surface area contributed by atoms with Crippen LogP contribution in [0.3, 0.4) is 0 Å². The Bertz CT molecular complexity index is 483. The maximum absolute atomic E-state index is 13.6. The van der Waals surface area contributed by atoms with E-state index in [0.29, 0.717) is 13.0 Å². The zero-order chi connectivity index (χ0) is 12.5. The Morgan fingerprint density at radius 2 is 1.94 bits per heavy atom. The van der Waals surface area contributed by atoms with Gasteiger partial charge in [0.15, 0.2) is 0 Å². The summed E-state index contributed by atoms with van der Waals surface area (Å²) in [5.74, 6) is -0.0496. The van der Waals surface area contributed by atoms with E-state index in [1.807, 2.05) is 38.1 Å². The second-order valence-corrected chi connectivity index (χ2v) is 5.13. The third-order valence-electron chi connectivity index (χ3n) is 3.29. The van der Waals surface area contributed by atoms with E-state index in [0.717, 1.165) is 16.7 Å². The Balaban J connectivity index is 2.42. The third-order valence-corrected chi connectivity index (χ3v) is 3.29. The molecule has 1 nitrogen and oxygen atoms in total. The summed E-state index contributed by atoms with van der Waals surface area (Å²) in [6, 6.07) is 8.06. The second kappa shape index (κ2) is 4.46. The number of rotatable bonds is 2. The van der Waals surface area contributed by atoms with Crippen molar-refractivity contribution >= 4 is 5.57 Å². The lowest BCUT2D eigenvalue weighted by molar-refractivity contribution is 0.353.